The van der Waals surface area contributed by atoms with Crippen LogP contribution in [0.1, 0.15) is 10.4 Å². The van der Waals surface area contributed by atoms with Gasteiger partial charge < -0.3 is 4.74 Å². The molecule has 0 bridgehead atoms. The lowest BCUT2D eigenvalue weighted by molar-refractivity contribution is 0.0732. The molecule has 0 fully saturated rings. The van der Waals surface area contributed by atoms with Crippen LogP contribution in [0.4, 0.5) is 0 Å². The van der Waals surface area contributed by atoms with E-state index in [2.05, 4.69) is 38.5 Å². The molecular weight excluding hydrogens is 466 g/mol. The van der Waals surface area contributed by atoms with E-state index in [-0.39, 0.29) is 10.8 Å². The molecule has 2 rings (SSSR count). The van der Waals surface area contributed by atoms with Crippen LogP contribution >= 0.6 is 61.7 Å². The first-order chi connectivity index (χ1) is 8.99. The maximum atomic E-state index is 12.1. The molecule has 0 radical (unpaired) electrons. The molecule has 0 atom stereocenters. The van der Waals surface area contributed by atoms with Gasteiger partial charge in [0.15, 0.2) is 5.75 Å². The Morgan fingerprint density at radius 2 is 1.89 bits per heavy atom. The summed E-state index contributed by atoms with van der Waals surface area (Å²) < 4.78 is 6.66. The van der Waals surface area contributed by atoms with Crippen LogP contribution in [0.2, 0.25) is 10.0 Å². The maximum absolute atomic E-state index is 12.1. The molecule has 2 aromatic rings. The van der Waals surface area contributed by atoms with Crippen LogP contribution in [0.3, 0.4) is 0 Å². The molecule has 0 saturated heterocycles. The van der Waals surface area contributed by atoms with Gasteiger partial charge in [0.1, 0.15) is 0 Å². The van der Waals surface area contributed by atoms with E-state index >= 15 is 0 Å². The fourth-order valence-electron chi connectivity index (χ4n) is 1.40. The Kier molecular flexibility index (Phi) is 5.11. The highest BCUT2D eigenvalue weighted by molar-refractivity contribution is 14.1. The Labute approximate surface area is 142 Å². The van der Waals surface area contributed by atoms with Crippen LogP contribution < -0.4 is 4.74 Å². The Bertz CT molecular complexity index is 623. The van der Waals surface area contributed by atoms with Crippen LogP contribution in [0.25, 0.3) is 0 Å². The van der Waals surface area contributed by atoms with Crippen molar-refractivity contribution in [3.8, 4) is 5.75 Å². The van der Waals surface area contributed by atoms with Crippen LogP contribution in [0.15, 0.2) is 40.9 Å². The smallest absolute Gasteiger partial charge is 0.344 e. The minimum atomic E-state index is -0.463. The standard InChI is InChI=1S/C13H6BrCl2IO2/c14-9-5-7(15)6-10(16)12(9)19-13(18)8-3-1-2-4-11(8)17/h1-6H. The van der Waals surface area contributed by atoms with Crippen LogP contribution in [0, 0.1) is 3.57 Å². The molecule has 0 aromatic heterocycles. The fourth-order valence-corrected chi connectivity index (χ4v) is 3.33. The Balaban J connectivity index is 2.32. The van der Waals surface area contributed by atoms with Crippen molar-refractivity contribution >= 4 is 67.7 Å². The zero-order chi connectivity index (χ0) is 14.0. The van der Waals surface area contributed by atoms with E-state index in [1.807, 2.05) is 12.1 Å². The molecule has 0 saturated carbocycles. The lowest BCUT2D eigenvalue weighted by Crippen LogP contribution is -2.10. The van der Waals surface area contributed by atoms with E-state index in [0.29, 0.717) is 15.1 Å². The predicted molar refractivity (Wildman–Crippen MR) is 88.3 cm³/mol. The Hall–Kier alpha value is -0.300. The number of hydrogen-bond acceptors (Lipinski definition) is 2. The number of halogens is 4. The molecule has 2 aromatic carbocycles. The summed E-state index contributed by atoms with van der Waals surface area (Å²) in [6.07, 6.45) is 0. The lowest BCUT2D eigenvalue weighted by Gasteiger charge is -2.09. The maximum Gasteiger partial charge on any atom is 0.344 e. The van der Waals surface area contributed by atoms with Crippen molar-refractivity contribution in [2.45, 2.75) is 0 Å². The highest BCUT2D eigenvalue weighted by Crippen LogP contribution is 2.36. The predicted octanol–water partition coefficient (Wildman–Crippen LogP) is 5.58. The molecule has 2 nitrogen and oxygen atoms in total. The topological polar surface area (TPSA) is 26.3 Å². The van der Waals surface area contributed by atoms with E-state index in [1.165, 1.54) is 6.07 Å². The molecule has 0 aliphatic carbocycles. The number of benzene rings is 2. The second kappa shape index (κ2) is 6.43. The number of rotatable bonds is 2. The molecule has 98 valence electrons. The van der Waals surface area contributed by atoms with Gasteiger partial charge in [-0.2, -0.15) is 0 Å². The van der Waals surface area contributed by atoms with Crippen LogP contribution in [-0.4, -0.2) is 5.97 Å². The van der Waals surface area contributed by atoms with Crippen molar-refractivity contribution in [2.75, 3.05) is 0 Å². The zero-order valence-corrected chi connectivity index (χ0v) is 14.5. The van der Waals surface area contributed by atoms with Crippen LogP contribution in [-0.2, 0) is 0 Å². The largest absolute Gasteiger partial charge is 0.420 e. The van der Waals surface area contributed by atoms with Gasteiger partial charge in [-0.1, -0.05) is 35.3 Å². The van der Waals surface area contributed by atoms with Gasteiger partial charge in [-0.3, -0.25) is 0 Å². The van der Waals surface area contributed by atoms with Gasteiger partial charge in [0.05, 0.1) is 15.1 Å². The number of carbonyl (C=O) groups is 1. The first kappa shape index (κ1) is 15.1. The first-order valence-corrected chi connectivity index (χ1v) is 7.73. The highest BCUT2D eigenvalue weighted by atomic mass is 127. The summed E-state index contributed by atoms with van der Waals surface area (Å²) in [6, 6.07) is 10.3. The second-order valence-electron chi connectivity index (χ2n) is 3.57. The molecule has 0 N–H and O–H groups in total. The summed E-state index contributed by atoms with van der Waals surface area (Å²) in [5, 5.41) is 0.740. The second-order valence-corrected chi connectivity index (χ2v) is 6.43. The summed E-state index contributed by atoms with van der Waals surface area (Å²) in [5.41, 5.74) is 0.487. The third kappa shape index (κ3) is 3.62. The van der Waals surface area contributed by atoms with Gasteiger partial charge in [0.25, 0.3) is 0 Å². The summed E-state index contributed by atoms with van der Waals surface area (Å²) in [7, 11) is 0. The molecule has 0 spiro atoms. The lowest BCUT2D eigenvalue weighted by atomic mass is 10.2. The third-order valence-corrected chi connectivity index (χ3v) is 4.28. The number of carbonyl (C=O) groups excluding carboxylic acids is 1. The molecular formula is C13H6BrCl2IO2. The molecule has 0 aliphatic rings. The summed E-state index contributed by atoms with van der Waals surface area (Å²) in [6.45, 7) is 0. The average Bonchev–Trinajstić information content (AvgIpc) is 2.34. The zero-order valence-electron chi connectivity index (χ0n) is 9.29. The quantitative estimate of drug-likeness (QED) is 0.325. The van der Waals surface area contributed by atoms with Gasteiger partial charge in [0, 0.05) is 8.59 Å². The number of ether oxygens (including phenoxy) is 1. The van der Waals surface area contributed by atoms with Crippen molar-refractivity contribution in [3.63, 3.8) is 0 Å². The molecule has 0 unspecified atom stereocenters. The van der Waals surface area contributed by atoms with Crippen molar-refractivity contribution in [1.82, 2.24) is 0 Å². The molecule has 6 heteroatoms. The SMILES string of the molecule is O=C(Oc1c(Cl)cc(Cl)cc1Br)c1ccccc1I. The summed E-state index contributed by atoms with van der Waals surface area (Å²) in [5.74, 6) is -0.203. The van der Waals surface area contributed by atoms with Crippen LogP contribution in [0.5, 0.6) is 5.75 Å². The average molecular weight is 472 g/mol. The summed E-state index contributed by atoms with van der Waals surface area (Å²) in [4.78, 5) is 12.1. The molecule has 19 heavy (non-hydrogen) atoms. The van der Waals surface area contributed by atoms with Gasteiger partial charge in [-0.15, -0.1) is 0 Å². The monoisotopic (exact) mass is 470 g/mol. The van der Waals surface area contributed by atoms with E-state index in [1.54, 1.807) is 18.2 Å². The van der Waals surface area contributed by atoms with E-state index in [4.69, 9.17) is 27.9 Å². The third-order valence-electron chi connectivity index (χ3n) is 2.25. The summed E-state index contributed by atoms with van der Waals surface area (Å²) >= 11 is 17.2. The minimum absolute atomic E-state index is 0.260. The molecule has 0 aliphatic heterocycles. The highest BCUT2D eigenvalue weighted by Gasteiger charge is 2.16. The Morgan fingerprint density at radius 1 is 1.21 bits per heavy atom. The van der Waals surface area contributed by atoms with Gasteiger partial charge >= 0.3 is 5.97 Å². The minimum Gasteiger partial charge on any atom is -0.420 e. The number of esters is 1. The molecule has 0 heterocycles. The van der Waals surface area contributed by atoms with Gasteiger partial charge in [-0.05, 0) is 62.8 Å². The van der Waals surface area contributed by atoms with Crippen molar-refractivity contribution in [2.24, 2.45) is 0 Å². The first-order valence-electron chi connectivity index (χ1n) is 5.10. The van der Waals surface area contributed by atoms with Gasteiger partial charge in [0.2, 0.25) is 0 Å². The Morgan fingerprint density at radius 3 is 2.53 bits per heavy atom. The normalized spacial score (nSPS) is 10.3. The number of hydrogen-bond donors (Lipinski definition) is 0. The van der Waals surface area contributed by atoms with Gasteiger partial charge in [-0.25, -0.2) is 4.79 Å². The fraction of sp³-hybridized carbons (Fsp3) is 0. The van der Waals surface area contributed by atoms with Crippen molar-refractivity contribution < 1.29 is 9.53 Å². The van der Waals surface area contributed by atoms with Crippen molar-refractivity contribution in [1.29, 1.82) is 0 Å². The van der Waals surface area contributed by atoms with E-state index in [9.17, 15) is 4.79 Å². The van der Waals surface area contributed by atoms with E-state index in [0.717, 1.165) is 3.57 Å². The van der Waals surface area contributed by atoms with Crippen molar-refractivity contribution in [3.05, 3.63) is 60.0 Å². The van der Waals surface area contributed by atoms with E-state index < -0.39 is 5.97 Å². The molecule has 0 amide bonds.